The number of hydrogen-bond acceptors (Lipinski definition) is 3. The van der Waals surface area contributed by atoms with Crippen LogP contribution in [0.5, 0.6) is 0 Å². The van der Waals surface area contributed by atoms with Crippen LogP contribution in [0, 0.1) is 5.82 Å². The highest BCUT2D eigenvalue weighted by Crippen LogP contribution is 2.33. The molecule has 1 aromatic carbocycles. The Labute approximate surface area is 121 Å². The molecule has 1 aliphatic rings. The van der Waals surface area contributed by atoms with Gasteiger partial charge >= 0.3 is 0 Å². The third kappa shape index (κ3) is 2.87. The van der Waals surface area contributed by atoms with Gasteiger partial charge in [-0.15, -0.1) is 0 Å². The van der Waals surface area contributed by atoms with Crippen LogP contribution >= 0.6 is 23.2 Å². The Morgan fingerprint density at radius 3 is 2.47 bits per heavy atom. The van der Waals surface area contributed by atoms with Gasteiger partial charge < -0.3 is 5.32 Å². The quantitative estimate of drug-likeness (QED) is 0.905. The molecule has 1 aromatic rings. The molecule has 1 aliphatic heterocycles. The van der Waals surface area contributed by atoms with Crippen molar-refractivity contribution < 1.29 is 12.8 Å². The van der Waals surface area contributed by atoms with Crippen LogP contribution in [0.15, 0.2) is 17.0 Å². The Morgan fingerprint density at radius 1 is 1.37 bits per heavy atom. The minimum absolute atomic E-state index is 0.198. The smallest absolute Gasteiger partial charge is 0.246 e. The molecule has 2 rings (SSSR count). The molecule has 8 heteroatoms. The van der Waals surface area contributed by atoms with Crippen LogP contribution < -0.4 is 5.32 Å². The third-order valence-corrected chi connectivity index (χ3v) is 5.91. The normalized spacial score (nSPS) is 21.6. The first-order valence-electron chi connectivity index (χ1n) is 5.71. The largest absolute Gasteiger partial charge is 0.314 e. The zero-order valence-corrected chi connectivity index (χ0v) is 12.5. The van der Waals surface area contributed by atoms with E-state index >= 15 is 0 Å². The van der Waals surface area contributed by atoms with Gasteiger partial charge in [-0.2, -0.15) is 4.31 Å². The fourth-order valence-electron chi connectivity index (χ4n) is 2.07. The van der Waals surface area contributed by atoms with E-state index in [-0.39, 0.29) is 21.0 Å². The predicted octanol–water partition coefficient (Wildman–Crippen LogP) is 2.11. The maximum absolute atomic E-state index is 13.1. The lowest BCUT2D eigenvalue weighted by Crippen LogP contribution is -2.52. The maximum Gasteiger partial charge on any atom is 0.246 e. The lowest BCUT2D eigenvalue weighted by atomic mass is 10.3. The third-order valence-electron chi connectivity index (χ3n) is 2.97. The predicted molar refractivity (Wildman–Crippen MR) is 72.6 cm³/mol. The zero-order chi connectivity index (χ0) is 14.2. The first-order valence-corrected chi connectivity index (χ1v) is 7.90. The first kappa shape index (κ1) is 15.0. The van der Waals surface area contributed by atoms with Gasteiger partial charge in [0.1, 0.15) is 10.7 Å². The number of rotatable bonds is 2. The monoisotopic (exact) mass is 326 g/mol. The van der Waals surface area contributed by atoms with Gasteiger partial charge in [0.2, 0.25) is 10.0 Å². The highest BCUT2D eigenvalue weighted by Gasteiger charge is 2.34. The zero-order valence-electron chi connectivity index (χ0n) is 10.2. The van der Waals surface area contributed by atoms with Crippen molar-refractivity contribution in [1.82, 2.24) is 9.62 Å². The molecule has 0 unspecified atom stereocenters. The average Bonchev–Trinajstić information content (AvgIpc) is 2.27. The molecule has 4 nitrogen and oxygen atoms in total. The fourth-order valence-corrected chi connectivity index (χ4v) is 4.84. The van der Waals surface area contributed by atoms with Crippen LogP contribution in [-0.4, -0.2) is 38.4 Å². The SMILES string of the molecule is C[C@H]1CNCCN1S(=O)(=O)c1c(Cl)cc(F)cc1Cl. The van der Waals surface area contributed by atoms with Gasteiger partial charge in [0.25, 0.3) is 0 Å². The molecule has 0 aromatic heterocycles. The summed E-state index contributed by atoms with van der Waals surface area (Å²) in [6.45, 7) is 3.22. The molecule has 1 atom stereocenters. The van der Waals surface area contributed by atoms with Gasteiger partial charge in [-0.1, -0.05) is 23.2 Å². The molecule has 19 heavy (non-hydrogen) atoms. The Morgan fingerprint density at radius 2 is 1.95 bits per heavy atom. The lowest BCUT2D eigenvalue weighted by Gasteiger charge is -2.33. The van der Waals surface area contributed by atoms with Gasteiger partial charge in [0.05, 0.1) is 10.0 Å². The fraction of sp³-hybridized carbons (Fsp3) is 0.455. The van der Waals surface area contributed by atoms with Crippen molar-refractivity contribution in [3.05, 3.63) is 28.0 Å². The highest BCUT2D eigenvalue weighted by atomic mass is 35.5. The average molecular weight is 327 g/mol. The number of benzene rings is 1. The summed E-state index contributed by atoms with van der Waals surface area (Å²) in [7, 11) is -3.83. The minimum atomic E-state index is -3.83. The summed E-state index contributed by atoms with van der Waals surface area (Å²) in [5.41, 5.74) is 0. The highest BCUT2D eigenvalue weighted by molar-refractivity contribution is 7.89. The molecule has 0 bridgehead atoms. The van der Waals surface area contributed by atoms with Gasteiger partial charge in [-0.05, 0) is 19.1 Å². The number of sulfonamides is 1. The van der Waals surface area contributed by atoms with Crippen molar-refractivity contribution in [2.45, 2.75) is 17.9 Å². The number of halogens is 3. The Kier molecular flexibility index (Phi) is 4.37. The van der Waals surface area contributed by atoms with Crippen LogP contribution in [0.25, 0.3) is 0 Å². The van der Waals surface area contributed by atoms with E-state index in [9.17, 15) is 12.8 Å². The van der Waals surface area contributed by atoms with E-state index in [0.29, 0.717) is 19.6 Å². The molecule has 0 saturated carbocycles. The van der Waals surface area contributed by atoms with Gasteiger partial charge in [0.15, 0.2) is 0 Å². The van der Waals surface area contributed by atoms with E-state index in [0.717, 1.165) is 12.1 Å². The summed E-state index contributed by atoms with van der Waals surface area (Å²) in [4.78, 5) is -0.231. The molecule has 1 fully saturated rings. The van der Waals surface area contributed by atoms with Crippen molar-refractivity contribution in [1.29, 1.82) is 0 Å². The van der Waals surface area contributed by atoms with E-state index in [1.807, 2.05) is 0 Å². The maximum atomic E-state index is 13.1. The topological polar surface area (TPSA) is 49.4 Å². The van der Waals surface area contributed by atoms with Crippen molar-refractivity contribution in [3.63, 3.8) is 0 Å². The summed E-state index contributed by atoms with van der Waals surface area (Å²) < 4.78 is 39.6. The van der Waals surface area contributed by atoms with Crippen LogP contribution in [0.1, 0.15) is 6.92 Å². The second kappa shape index (κ2) is 5.54. The molecule has 0 amide bonds. The van der Waals surface area contributed by atoms with Gasteiger partial charge in [0, 0.05) is 25.7 Å². The molecule has 0 aliphatic carbocycles. The number of piperazine rings is 1. The summed E-state index contributed by atoms with van der Waals surface area (Å²) >= 11 is 11.7. The molecule has 1 N–H and O–H groups in total. The number of nitrogens with one attached hydrogen (secondary N) is 1. The second-order valence-corrected chi connectivity index (χ2v) is 7.01. The van der Waals surface area contributed by atoms with Crippen molar-refractivity contribution >= 4 is 33.2 Å². The van der Waals surface area contributed by atoms with Crippen LogP contribution in [0.2, 0.25) is 10.0 Å². The lowest BCUT2D eigenvalue weighted by molar-refractivity contribution is 0.284. The Balaban J connectivity index is 2.50. The van der Waals surface area contributed by atoms with E-state index in [1.54, 1.807) is 6.92 Å². The first-order chi connectivity index (χ1) is 8.84. The van der Waals surface area contributed by atoms with Crippen LogP contribution in [-0.2, 0) is 10.0 Å². The van der Waals surface area contributed by atoms with E-state index in [2.05, 4.69) is 5.32 Å². The molecule has 0 spiro atoms. The number of nitrogens with zero attached hydrogens (tertiary/aromatic N) is 1. The summed E-state index contributed by atoms with van der Waals surface area (Å²) in [6, 6.07) is 1.69. The Bertz CT molecular complexity index is 571. The van der Waals surface area contributed by atoms with Crippen LogP contribution in [0.4, 0.5) is 4.39 Å². The molecule has 1 heterocycles. The summed E-state index contributed by atoms with van der Waals surface area (Å²) in [6.07, 6.45) is 0. The van der Waals surface area contributed by atoms with Crippen molar-refractivity contribution in [2.75, 3.05) is 19.6 Å². The van der Waals surface area contributed by atoms with Gasteiger partial charge in [-0.25, -0.2) is 12.8 Å². The Hall–Kier alpha value is -0.400. The van der Waals surface area contributed by atoms with Gasteiger partial charge in [-0.3, -0.25) is 0 Å². The molecule has 106 valence electrons. The molecular formula is C11H13Cl2FN2O2S. The standard InChI is InChI=1S/C11H13Cl2FN2O2S/c1-7-6-15-2-3-16(7)19(17,18)11-9(12)4-8(14)5-10(11)13/h4-5,7,15H,2-3,6H2,1H3/t7-/m0/s1. The molecule has 1 saturated heterocycles. The molecular weight excluding hydrogens is 314 g/mol. The second-order valence-electron chi connectivity index (χ2n) is 4.37. The molecule has 0 radical (unpaired) electrons. The number of hydrogen-bond donors (Lipinski definition) is 1. The van der Waals surface area contributed by atoms with E-state index < -0.39 is 15.8 Å². The van der Waals surface area contributed by atoms with Crippen molar-refractivity contribution in [2.24, 2.45) is 0 Å². The summed E-state index contributed by atoms with van der Waals surface area (Å²) in [5.74, 6) is -0.665. The van der Waals surface area contributed by atoms with Crippen LogP contribution in [0.3, 0.4) is 0 Å². The minimum Gasteiger partial charge on any atom is -0.314 e. The summed E-state index contributed by atoms with van der Waals surface area (Å²) in [5, 5.41) is 2.70. The van der Waals surface area contributed by atoms with E-state index in [4.69, 9.17) is 23.2 Å². The van der Waals surface area contributed by atoms with E-state index in [1.165, 1.54) is 4.31 Å². The van der Waals surface area contributed by atoms with Crippen molar-refractivity contribution in [3.8, 4) is 0 Å².